The highest BCUT2D eigenvalue weighted by atomic mass is 16.6. The van der Waals surface area contributed by atoms with E-state index in [2.05, 4.69) is 57.6 Å². The summed E-state index contributed by atoms with van der Waals surface area (Å²) in [5, 5.41) is 31.3. The van der Waals surface area contributed by atoms with Crippen LogP contribution in [-0.2, 0) is 24.0 Å². The fraction of sp³-hybridized carbons (Fsp3) is 0.407. The number of nitrogens with one attached hydrogen (secondary N) is 2. The highest BCUT2D eigenvalue weighted by molar-refractivity contribution is 5.87. The molecule has 8 heteroatoms. The lowest BCUT2D eigenvalue weighted by molar-refractivity contribution is -0.384. The number of aliphatic hydroxyl groups is 2. The van der Waals surface area contributed by atoms with E-state index in [0.717, 1.165) is 38.8 Å². The van der Waals surface area contributed by atoms with Crippen molar-refractivity contribution in [1.82, 2.24) is 9.97 Å². The summed E-state index contributed by atoms with van der Waals surface area (Å²) in [5.41, 5.74) is 11.8. The Balaban J connectivity index is 0.000000241. The number of rotatable bonds is 3. The van der Waals surface area contributed by atoms with Crippen LogP contribution >= 0.6 is 0 Å². The van der Waals surface area contributed by atoms with Gasteiger partial charge in [-0.1, -0.05) is 49.0 Å². The second-order valence-corrected chi connectivity index (χ2v) is 10.7. The van der Waals surface area contributed by atoms with Gasteiger partial charge in [-0.25, -0.2) is 0 Å². The van der Waals surface area contributed by atoms with E-state index in [1.165, 1.54) is 12.1 Å². The van der Waals surface area contributed by atoms with Crippen molar-refractivity contribution in [1.29, 1.82) is 0 Å². The molecule has 0 saturated heterocycles. The Hall–Kier alpha value is -3.36. The first-order chi connectivity index (χ1) is 15.7. The van der Waals surface area contributed by atoms with Crippen LogP contribution in [0.4, 0.5) is 11.4 Å². The van der Waals surface area contributed by atoms with Crippen molar-refractivity contribution < 1.29 is 15.1 Å². The molecule has 0 spiro atoms. The van der Waals surface area contributed by atoms with Gasteiger partial charge in [-0.15, -0.1) is 0 Å². The molecule has 6 N–H and O–H groups in total. The normalized spacial score (nSPS) is 11.8. The predicted octanol–water partition coefficient (Wildman–Crippen LogP) is 6.04. The molecule has 0 aliphatic rings. The molecule has 0 saturated carbocycles. The van der Waals surface area contributed by atoms with E-state index in [1.54, 1.807) is 0 Å². The number of non-ortho nitro benzene ring substituents is 1. The van der Waals surface area contributed by atoms with E-state index in [-0.39, 0.29) is 37.2 Å². The first-order valence-corrected chi connectivity index (χ1v) is 11.2. The van der Waals surface area contributed by atoms with Crippen LogP contribution in [0.25, 0.3) is 21.8 Å². The van der Waals surface area contributed by atoms with Gasteiger partial charge in [0.15, 0.2) is 0 Å². The van der Waals surface area contributed by atoms with Crippen LogP contribution in [0.3, 0.4) is 0 Å². The number of hydrogen-bond donors (Lipinski definition) is 5. The number of aromatic amines is 2. The molecule has 0 amide bonds. The average Bonchev–Trinajstić information content (AvgIpc) is 3.36. The summed E-state index contributed by atoms with van der Waals surface area (Å²) >= 11 is 0. The summed E-state index contributed by atoms with van der Waals surface area (Å²) in [6.07, 6.45) is 0. The lowest BCUT2D eigenvalue weighted by atomic mass is 9.92. The molecule has 0 aliphatic carbocycles. The van der Waals surface area contributed by atoms with Crippen molar-refractivity contribution in [3.8, 4) is 0 Å². The molecule has 4 rings (SSSR count). The van der Waals surface area contributed by atoms with Crippen LogP contribution in [0.1, 0.15) is 71.5 Å². The minimum atomic E-state index is -0.442. The number of benzene rings is 2. The second-order valence-electron chi connectivity index (χ2n) is 10.7. The number of anilines is 1. The van der Waals surface area contributed by atoms with Crippen molar-refractivity contribution in [3.05, 3.63) is 69.0 Å². The molecular formula is C27H38N4O4. The van der Waals surface area contributed by atoms with E-state index < -0.39 is 4.92 Å². The van der Waals surface area contributed by atoms with Crippen LogP contribution in [0, 0.1) is 10.1 Å². The molecule has 0 unspecified atom stereocenters. The van der Waals surface area contributed by atoms with Crippen LogP contribution in [0.15, 0.2) is 36.4 Å². The summed E-state index contributed by atoms with van der Waals surface area (Å²) in [5.74, 6) is 0. The van der Waals surface area contributed by atoms with Crippen LogP contribution < -0.4 is 5.73 Å². The van der Waals surface area contributed by atoms with E-state index in [1.807, 2.05) is 18.2 Å². The third kappa shape index (κ3) is 6.01. The van der Waals surface area contributed by atoms with Crippen LogP contribution in [-0.4, -0.2) is 25.1 Å². The zero-order chi connectivity index (χ0) is 25.4. The third-order valence-electron chi connectivity index (χ3n) is 5.79. The maximum atomic E-state index is 10.8. The zero-order valence-electron chi connectivity index (χ0n) is 20.6. The molecule has 2 aromatic carbocycles. The van der Waals surface area contributed by atoms with Gasteiger partial charge in [0.25, 0.3) is 5.69 Å². The molecule has 2 aromatic heterocycles. The van der Waals surface area contributed by atoms with Gasteiger partial charge < -0.3 is 25.9 Å². The SMILES string of the molecule is C.CC(C)(C)c1cc2cc(N)cc(CO)c2[nH]1.CC(C)(C)c1cc2cc([N+](=O)[O-])cc(CO)c2[nH]1. The van der Waals surface area contributed by atoms with Gasteiger partial charge in [-0.3, -0.25) is 10.1 Å². The highest BCUT2D eigenvalue weighted by Crippen LogP contribution is 2.31. The second kappa shape index (κ2) is 10.1. The molecule has 190 valence electrons. The monoisotopic (exact) mass is 482 g/mol. The molecule has 2 heterocycles. The van der Waals surface area contributed by atoms with Crippen molar-refractivity contribution in [3.63, 3.8) is 0 Å². The minimum Gasteiger partial charge on any atom is -0.399 e. The number of nitro benzene ring substituents is 1. The van der Waals surface area contributed by atoms with Gasteiger partial charge in [-0.2, -0.15) is 0 Å². The number of nitrogens with zero attached hydrogens (tertiary/aromatic N) is 1. The molecule has 0 bridgehead atoms. The van der Waals surface area contributed by atoms with Gasteiger partial charge in [0.1, 0.15) is 0 Å². The van der Waals surface area contributed by atoms with Crippen molar-refractivity contribution >= 4 is 33.2 Å². The summed E-state index contributed by atoms with van der Waals surface area (Å²) < 4.78 is 0. The van der Waals surface area contributed by atoms with Crippen LogP contribution in [0.5, 0.6) is 0 Å². The Labute approximate surface area is 206 Å². The molecule has 4 aromatic rings. The lowest BCUT2D eigenvalue weighted by Crippen LogP contribution is -2.11. The van der Waals surface area contributed by atoms with Gasteiger partial charge in [-0.05, 0) is 24.3 Å². The Bertz CT molecular complexity index is 1340. The quantitative estimate of drug-likeness (QED) is 0.137. The summed E-state index contributed by atoms with van der Waals surface area (Å²) in [4.78, 5) is 17.0. The third-order valence-corrected chi connectivity index (χ3v) is 5.79. The van der Waals surface area contributed by atoms with Crippen molar-refractivity contribution in [2.75, 3.05) is 5.73 Å². The van der Waals surface area contributed by atoms with Gasteiger partial charge in [0.2, 0.25) is 0 Å². The maximum Gasteiger partial charge on any atom is 0.270 e. The number of nitro groups is 1. The fourth-order valence-corrected chi connectivity index (χ4v) is 3.81. The van der Waals surface area contributed by atoms with E-state index >= 15 is 0 Å². The molecular weight excluding hydrogens is 444 g/mol. The number of nitrogens with two attached hydrogens (primary N) is 1. The molecule has 8 nitrogen and oxygen atoms in total. The van der Waals surface area contributed by atoms with Crippen LogP contribution in [0.2, 0.25) is 0 Å². The maximum absolute atomic E-state index is 10.8. The zero-order valence-corrected chi connectivity index (χ0v) is 20.6. The Morgan fingerprint density at radius 2 is 1.23 bits per heavy atom. The molecule has 35 heavy (non-hydrogen) atoms. The molecule has 0 aliphatic heterocycles. The van der Waals surface area contributed by atoms with Crippen molar-refractivity contribution in [2.24, 2.45) is 0 Å². The summed E-state index contributed by atoms with van der Waals surface area (Å²) in [7, 11) is 0. The molecule has 0 atom stereocenters. The fourth-order valence-electron chi connectivity index (χ4n) is 3.81. The largest absolute Gasteiger partial charge is 0.399 e. The van der Waals surface area contributed by atoms with E-state index in [4.69, 9.17) is 5.73 Å². The highest BCUT2D eigenvalue weighted by Gasteiger charge is 2.20. The smallest absolute Gasteiger partial charge is 0.270 e. The summed E-state index contributed by atoms with van der Waals surface area (Å²) in [6.45, 7) is 12.4. The Morgan fingerprint density at radius 1 is 0.800 bits per heavy atom. The number of aromatic nitrogens is 2. The standard InChI is InChI=1S/C13H16N2O3.C13H18N2O.CH4/c1-13(2,3)11-6-8-4-10(15(17)18)5-9(7-16)12(8)14-11;1-13(2,3)11-6-8-4-10(14)5-9(7-16)12(8)15-11;/h4-6,14,16H,7H2,1-3H3;4-6,15-16H,7,14H2,1-3H3;1H4. The van der Waals surface area contributed by atoms with Crippen molar-refractivity contribution in [2.45, 2.75) is 73.0 Å². The first-order valence-electron chi connectivity index (χ1n) is 11.2. The Kier molecular flexibility index (Phi) is 8.04. The topological polar surface area (TPSA) is 141 Å². The van der Waals surface area contributed by atoms with Gasteiger partial charge >= 0.3 is 0 Å². The molecule has 0 fully saturated rings. The minimum absolute atomic E-state index is 0. The predicted molar refractivity (Wildman–Crippen MR) is 144 cm³/mol. The Morgan fingerprint density at radius 3 is 1.63 bits per heavy atom. The lowest BCUT2D eigenvalue weighted by Gasteiger charge is -2.15. The van der Waals surface area contributed by atoms with Gasteiger partial charge in [0, 0.05) is 61.9 Å². The van der Waals surface area contributed by atoms with Gasteiger partial charge in [0.05, 0.1) is 29.2 Å². The molecule has 0 radical (unpaired) electrons. The number of aliphatic hydroxyl groups excluding tert-OH is 2. The first kappa shape index (κ1) is 27.9. The average molecular weight is 483 g/mol. The summed E-state index contributed by atoms with van der Waals surface area (Å²) in [6, 6.07) is 10.7. The van der Waals surface area contributed by atoms with E-state index in [9.17, 15) is 20.3 Å². The van der Waals surface area contributed by atoms with E-state index in [0.29, 0.717) is 11.3 Å². The number of hydrogen-bond acceptors (Lipinski definition) is 5. The number of nitrogen functional groups attached to an aromatic ring is 1. The number of H-pyrrole nitrogens is 2. The number of fused-ring (bicyclic) bond motifs is 2.